The molecule has 1 aliphatic rings. The number of carboxylic acids is 1. The van der Waals surface area contributed by atoms with Gasteiger partial charge in [-0.05, 0) is 12.8 Å². The molecule has 0 saturated carbocycles. The number of carbonyl (C=O) groups is 1. The number of nitrogens with two attached hydrogens (primary N) is 2. The first-order chi connectivity index (χ1) is 7.61. The van der Waals surface area contributed by atoms with Crippen LogP contribution >= 0.6 is 0 Å². The number of hydrogen-bond donors (Lipinski definition) is 3. The Morgan fingerprint density at radius 1 is 1.69 bits per heavy atom. The van der Waals surface area contributed by atoms with Gasteiger partial charge in [0.05, 0.1) is 5.57 Å². The van der Waals surface area contributed by atoms with Gasteiger partial charge in [0.1, 0.15) is 0 Å². The van der Waals surface area contributed by atoms with E-state index in [-0.39, 0.29) is 11.8 Å². The van der Waals surface area contributed by atoms with E-state index >= 15 is 0 Å². The van der Waals surface area contributed by atoms with Crippen LogP contribution in [0.25, 0.3) is 0 Å². The average molecular weight is 225 g/mol. The van der Waals surface area contributed by atoms with Gasteiger partial charge < -0.3 is 16.7 Å². The van der Waals surface area contributed by atoms with Crippen molar-refractivity contribution in [3.8, 4) is 0 Å². The first-order valence-electron chi connectivity index (χ1n) is 5.57. The standard InChI is InChI=1S/C11H19N3O2/c1-2-3-4-8-7(6-14-13)5-9(10(8)12)11(15)16/h6-8H,2-5,12-13H2,1H3,(H,15,16). The molecule has 5 nitrogen and oxygen atoms in total. The van der Waals surface area contributed by atoms with Gasteiger partial charge in [-0.25, -0.2) is 4.79 Å². The zero-order valence-corrected chi connectivity index (χ0v) is 9.52. The van der Waals surface area contributed by atoms with Gasteiger partial charge in [0.25, 0.3) is 0 Å². The summed E-state index contributed by atoms with van der Waals surface area (Å²) < 4.78 is 0. The van der Waals surface area contributed by atoms with Crippen molar-refractivity contribution in [1.82, 2.24) is 0 Å². The third kappa shape index (κ3) is 2.53. The largest absolute Gasteiger partial charge is 0.478 e. The number of hydrazone groups is 1. The molecule has 0 fully saturated rings. The highest BCUT2D eigenvalue weighted by Gasteiger charge is 2.34. The van der Waals surface area contributed by atoms with Gasteiger partial charge in [-0.2, -0.15) is 5.10 Å². The van der Waals surface area contributed by atoms with Crippen molar-refractivity contribution in [3.05, 3.63) is 11.3 Å². The van der Waals surface area contributed by atoms with E-state index in [9.17, 15) is 4.79 Å². The molecule has 90 valence electrons. The van der Waals surface area contributed by atoms with Crippen LogP contribution in [-0.4, -0.2) is 17.3 Å². The molecule has 2 atom stereocenters. The fourth-order valence-electron chi connectivity index (χ4n) is 2.22. The molecule has 0 aromatic rings. The molecule has 5 N–H and O–H groups in total. The van der Waals surface area contributed by atoms with Gasteiger partial charge in [0.15, 0.2) is 0 Å². The Balaban J connectivity index is 2.83. The Hall–Kier alpha value is -1.52. The average Bonchev–Trinajstić information content (AvgIpc) is 2.54. The fourth-order valence-corrected chi connectivity index (χ4v) is 2.22. The second-order valence-corrected chi connectivity index (χ2v) is 4.15. The second-order valence-electron chi connectivity index (χ2n) is 4.15. The van der Waals surface area contributed by atoms with Crippen LogP contribution in [-0.2, 0) is 4.79 Å². The van der Waals surface area contributed by atoms with Gasteiger partial charge in [-0.1, -0.05) is 19.8 Å². The Morgan fingerprint density at radius 3 is 2.88 bits per heavy atom. The van der Waals surface area contributed by atoms with Crippen molar-refractivity contribution >= 4 is 12.2 Å². The summed E-state index contributed by atoms with van der Waals surface area (Å²) in [6.07, 6.45) is 5.06. The Labute approximate surface area is 95.2 Å². The van der Waals surface area contributed by atoms with Crippen molar-refractivity contribution < 1.29 is 9.90 Å². The molecule has 0 spiro atoms. The lowest BCUT2D eigenvalue weighted by atomic mass is 9.90. The van der Waals surface area contributed by atoms with Crippen LogP contribution in [0.1, 0.15) is 32.6 Å². The summed E-state index contributed by atoms with van der Waals surface area (Å²) >= 11 is 0. The summed E-state index contributed by atoms with van der Waals surface area (Å²) in [6.45, 7) is 2.10. The number of aliphatic carboxylic acids is 1. The molecule has 0 aromatic carbocycles. The zero-order valence-electron chi connectivity index (χ0n) is 9.52. The maximum atomic E-state index is 11.0. The molecule has 1 rings (SSSR count). The molecule has 0 radical (unpaired) electrons. The van der Waals surface area contributed by atoms with E-state index in [1.54, 1.807) is 6.21 Å². The van der Waals surface area contributed by atoms with Crippen molar-refractivity contribution in [2.24, 2.45) is 28.5 Å². The fraction of sp³-hybridized carbons (Fsp3) is 0.636. The van der Waals surface area contributed by atoms with Crippen molar-refractivity contribution in [3.63, 3.8) is 0 Å². The van der Waals surface area contributed by atoms with E-state index < -0.39 is 5.97 Å². The van der Waals surface area contributed by atoms with Gasteiger partial charge in [0.2, 0.25) is 0 Å². The normalized spacial score (nSPS) is 25.6. The molecule has 0 amide bonds. The van der Waals surface area contributed by atoms with Gasteiger partial charge in [0, 0.05) is 23.7 Å². The summed E-state index contributed by atoms with van der Waals surface area (Å²) in [6, 6.07) is 0. The number of nitrogens with zero attached hydrogens (tertiary/aromatic N) is 1. The zero-order chi connectivity index (χ0) is 12.1. The quantitative estimate of drug-likeness (QED) is 0.370. The van der Waals surface area contributed by atoms with E-state index in [4.69, 9.17) is 16.7 Å². The number of allylic oxidation sites excluding steroid dienone is 1. The van der Waals surface area contributed by atoms with Crippen LogP contribution in [0.2, 0.25) is 0 Å². The minimum absolute atomic E-state index is 0.0441. The maximum Gasteiger partial charge on any atom is 0.333 e. The third-order valence-corrected chi connectivity index (χ3v) is 3.11. The lowest BCUT2D eigenvalue weighted by molar-refractivity contribution is -0.132. The molecule has 0 aromatic heterocycles. The van der Waals surface area contributed by atoms with Crippen LogP contribution < -0.4 is 11.6 Å². The molecule has 0 aliphatic heterocycles. The van der Waals surface area contributed by atoms with E-state index in [1.807, 2.05) is 0 Å². The lowest BCUT2D eigenvalue weighted by Gasteiger charge is -2.16. The maximum absolute atomic E-state index is 11.0. The lowest BCUT2D eigenvalue weighted by Crippen LogP contribution is -2.17. The number of carboxylic acid groups (broad SMARTS) is 1. The Bertz CT molecular complexity index is 323. The predicted octanol–water partition coefficient (Wildman–Crippen LogP) is 1.05. The number of unbranched alkanes of at least 4 members (excludes halogenated alkanes) is 1. The van der Waals surface area contributed by atoms with Crippen LogP contribution in [0.5, 0.6) is 0 Å². The first kappa shape index (κ1) is 12.5. The molecule has 2 unspecified atom stereocenters. The molecule has 0 bridgehead atoms. The minimum Gasteiger partial charge on any atom is -0.478 e. The monoisotopic (exact) mass is 225 g/mol. The van der Waals surface area contributed by atoms with Gasteiger partial charge in [-0.3, -0.25) is 0 Å². The Morgan fingerprint density at radius 2 is 2.38 bits per heavy atom. The van der Waals surface area contributed by atoms with Crippen molar-refractivity contribution in [2.45, 2.75) is 32.6 Å². The van der Waals surface area contributed by atoms with E-state index in [2.05, 4.69) is 12.0 Å². The van der Waals surface area contributed by atoms with E-state index in [1.165, 1.54) is 0 Å². The summed E-state index contributed by atoms with van der Waals surface area (Å²) in [5, 5.41) is 12.5. The summed E-state index contributed by atoms with van der Waals surface area (Å²) in [5.41, 5.74) is 6.71. The van der Waals surface area contributed by atoms with Gasteiger partial charge in [-0.15, -0.1) is 0 Å². The first-order valence-corrected chi connectivity index (χ1v) is 5.57. The topological polar surface area (TPSA) is 102 Å². The molecular weight excluding hydrogens is 206 g/mol. The molecular formula is C11H19N3O2. The molecule has 16 heavy (non-hydrogen) atoms. The molecule has 0 saturated heterocycles. The van der Waals surface area contributed by atoms with Gasteiger partial charge >= 0.3 is 5.97 Å². The second kappa shape index (κ2) is 5.53. The van der Waals surface area contributed by atoms with E-state index in [0.29, 0.717) is 17.7 Å². The van der Waals surface area contributed by atoms with Crippen LogP contribution in [0.4, 0.5) is 0 Å². The van der Waals surface area contributed by atoms with Crippen LogP contribution in [0, 0.1) is 11.8 Å². The molecule has 0 heterocycles. The van der Waals surface area contributed by atoms with Crippen molar-refractivity contribution in [1.29, 1.82) is 0 Å². The summed E-state index contributed by atoms with van der Waals surface area (Å²) in [4.78, 5) is 11.0. The Kier molecular flexibility index (Phi) is 4.34. The highest BCUT2D eigenvalue weighted by atomic mass is 16.4. The van der Waals surface area contributed by atoms with E-state index in [0.717, 1.165) is 19.3 Å². The minimum atomic E-state index is -0.924. The molecule has 1 aliphatic carbocycles. The highest BCUT2D eigenvalue weighted by Crippen LogP contribution is 2.36. The summed E-state index contributed by atoms with van der Waals surface area (Å²) in [5.74, 6) is 4.33. The van der Waals surface area contributed by atoms with Crippen LogP contribution in [0.15, 0.2) is 16.4 Å². The third-order valence-electron chi connectivity index (χ3n) is 3.11. The predicted molar refractivity (Wildman–Crippen MR) is 62.7 cm³/mol. The highest BCUT2D eigenvalue weighted by molar-refractivity contribution is 5.89. The smallest absolute Gasteiger partial charge is 0.333 e. The summed E-state index contributed by atoms with van der Waals surface area (Å²) in [7, 11) is 0. The van der Waals surface area contributed by atoms with Crippen LogP contribution in [0.3, 0.4) is 0 Å². The number of hydrogen-bond acceptors (Lipinski definition) is 4. The SMILES string of the molecule is CCCCC1C(N)=C(C(=O)O)CC1C=NN. The van der Waals surface area contributed by atoms with Crippen molar-refractivity contribution in [2.75, 3.05) is 0 Å². The molecule has 5 heteroatoms. The number of rotatable bonds is 5.